The number of carbonyl (C=O) groups excluding carboxylic acids is 4. The van der Waals surface area contributed by atoms with Gasteiger partial charge in [-0.3, -0.25) is 0 Å². The van der Waals surface area contributed by atoms with Crippen molar-refractivity contribution in [2.24, 2.45) is 5.41 Å². The summed E-state index contributed by atoms with van der Waals surface area (Å²) in [6.07, 6.45) is -6.34. The van der Waals surface area contributed by atoms with Gasteiger partial charge in [0, 0.05) is 0 Å². The summed E-state index contributed by atoms with van der Waals surface area (Å²) < 4.78 is 44.8. The molecule has 2 aliphatic heterocycles. The molecule has 2 fully saturated rings. The van der Waals surface area contributed by atoms with E-state index in [2.05, 4.69) is 0 Å². The van der Waals surface area contributed by atoms with E-state index < -0.39 is 59.8 Å². The number of hydrogen-bond acceptors (Lipinski definition) is 12. The summed E-state index contributed by atoms with van der Waals surface area (Å²) in [6.45, 7) is 8.93. The minimum absolute atomic E-state index is 0.230. The molecule has 0 radical (unpaired) electrons. The molecular weight excluding hydrogens is 579 g/mol. The van der Waals surface area contributed by atoms with Gasteiger partial charge in [-0.1, -0.05) is 0 Å². The summed E-state index contributed by atoms with van der Waals surface area (Å²) in [5.41, 5.74) is -0.230. The molecule has 14 heteroatoms. The van der Waals surface area contributed by atoms with Crippen molar-refractivity contribution in [3.05, 3.63) is 0 Å². The zero-order valence-electron chi connectivity index (χ0n) is 19.3. The Labute approximate surface area is 204 Å². The molecule has 2 saturated heterocycles. The molecule has 0 bridgehead atoms. The van der Waals surface area contributed by atoms with Gasteiger partial charge >= 0.3 is 204 Å². The molecule has 0 amide bonds. The van der Waals surface area contributed by atoms with Crippen LogP contribution in [-0.4, -0.2) is 95.6 Å². The molecule has 5 atom stereocenters. The van der Waals surface area contributed by atoms with Crippen LogP contribution < -0.4 is 0 Å². The van der Waals surface area contributed by atoms with E-state index in [1.165, 1.54) is 28.2 Å². The molecule has 0 N–H and O–H groups in total. The second-order valence-corrected chi connectivity index (χ2v) is 13.8. The molecule has 0 aromatic rings. The van der Waals surface area contributed by atoms with Crippen LogP contribution in [0.1, 0.15) is 41.5 Å². The Balaban J connectivity index is 2.40. The molecule has 2 rings (SSSR count). The molecule has 0 aromatic heterocycles. The zero-order chi connectivity index (χ0) is 25.0. The second kappa shape index (κ2) is 11.6. The summed E-state index contributed by atoms with van der Waals surface area (Å²) in [7, 11) is 0. The maximum absolute atomic E-state index is 11.9. The molecule has 0 aromatic carbocycles. The van der Waals surface area contributed by atoms with Gasteiger partial charge in [0.1, 0.15) is 0 Å². The Kier molecular flexibility index (Phi) is 9.89. The van der Waals surface area contributed by atoms with Crippen LogP contribution in [0.15, 0.2) is 0 Å². The van der Waals surface area contributed by atoms with Gasteiger partial charge in [-0.15, -0.1) is 0 Å². The Morgan fingerprint density at radius 1 is 0.848 bits per heavy atom. The van der Waals surface area contributed by atoms with Gasteiger partial charge in [-0.2, -0.15) is 0 Å². The van der Waals surface area contributed by atoms with E-state index >= 15 is 0 Å². The van der Waals surface area contributed by atoms with Gasteiger partial charge in [0.15, 0.2) is 0 Å². The first-order chi connectivity index (χ1) is 15.2. The molecule has 12 nitrogen and oxygen atoms in total. The Morgan fingerprint density at radius 2 is 1.33 bits per heavy atom. The van der Waals surface area contributed by atoms with Gasteiger partial charge in [-0.05, 0) is 0 Å². The summed E-state index contributed by atoms with van der Waals surface area (Å²) in [6, 6.07) is 0. The number of carbonyl (C=O) groups is 4. The molecule has 0 spiro atoms. The van der Waals surface area contributed by atoms with Crippen LogP contribution in [-0.2, 0) is 56.4 Å². The SMILES string of the molecule is CC(=O)OC[C@H]1O[C@@H](OP2(=[Te])OCC(C)(C)CO2)[C@H](OC(C)=O)[C@@H](OC(C)=O)[C@@H]1OC(C)=O. The van der Waals surface area contributed by atoms with E-state index in [4.69, 9.17) is 37.3 Å². The molecule has 33 heavy (non-hydrogen) atoms. The fourth-order valence-corrected chi connectivity index (χ4v) is 6.31. The topological polar surface area (TPSA) is 142 Å². The van der Waals surface area contributed by atoms with Crippen molar-refractivity contribution in [3.63, 3.8) is 0 Å². The predicted molar refractivity (Wildman–Crippen MR) is 111 cm³/mol. The Morgan fingerprint density at radius 3 is 1.82 bits per heavy atom. The van der Waals surface area contributed by atoms with Crippen molar-refractivity contribution < 1.29 is 56.4 Å². The first-order valence-corrected chi connectivity index (χ1v) is 14.7. The van der Waals surface area contributed by atoms with Crippen LogP contribution >= 0.6 is 5.17 Å². The normalized spacial score (nSPS) is 30.5. The van der Waals surface area contributed by atoms with E-state index in [0.29, 0.717) is 13.2 Å². The van der Waals surface area contributed by atoms with Crippen LogP contribution in [0, 0.1) is 5.41 Å². The van der Waals surface area contributed by atoms with E-state index in [0.717, 1.165) is 20.8 Å². The van der Waals surface area contributed by atoms with Crippen molar-refractivity contribution in [1.82, 2.24) is 0 Å². The van der Waals surface area contributed by atoms with Crippen molar-refractivity contribution in [2.75, 3.05) is 19.8 Å². The third kappa shape index (κ3) is 8.58. The summed E-state index contributed by atoms with van der Waals surface area (Å²) in [5, 5.41) is -2.93. The van der Waals surface area contributed by atoms with Crippen LogP contribution in [0.25, 0.3) is 0 Å². The Bertz CT molecular complexity index is 801. The first-order valence-electron chi connectivity index (χ1n) is 10.1. The quantitative estimate of drug-likeness (QED) is 0.176. The van der Waals surface area contributed by atoms with Gasteiger partial charge in [0.05, 0.1) is 0 Å². The van der Waals surface area contributed by atoms with E-state index in [1.807, 2.05) is 13.8 Å². The van der Waals surface area contributed by atoms with Gasteiger partial charge in [0.25, 0.3) is 0 Å². The fourth-order valence-electron chi connectivity index (χ4n) is 3.05. The standard InChI is InChI=1S/C19H29O12PTe/c1-10(20)24-7-14-15(27-11(2)21)16(28-12(3)22)17(29-13(4)23)18(30-14)31-32(33)25-8-19(5,6)9-26-32/h14-18H,7-9H2,1-6H3/t14-,15-,16+,17-,18+/m1/s1. The van der Waals surface area contributed by atoms with Crippen LogP contribution in [0.2, 0.25) is 0 Å². The van der Waals surface area contributed by atoms with Crippen molar-refractivity contribution in [1.29, 1.82) is 0 Å². The van der Waals surface area contributed by atoms with E-state index in [-0.39, 0.29) is 12.0 Å². The summed E-state index contributed by atoms with van der Waals surface area (Å²) in [5.74, 6) is -2.76. The predicted octanol–water partition coefficient (Wildman–Crippen LogP) is 1.01. The number of hydrogen-bond donors (Lipinski definition) is 0. The average molecular weight is 608 g/mol. The van der Waals surface area contributed by atoms with Crippen molar-refractivity contribution >= 4 is 50.3 Å². The minimum atomic E-state index is -2.93. The summed E-state index contributed by atoms with van der Waals surface area (Å²) in [4.78, 5) is 46.9. The first kappa shape index (κ1) is 28.2. The Hall–Kier alpha value is -1.06. The van der Waals surface area contributed by atoms with Gasteiger partial charge in [-0.25, -0.2) is 0 Å². The van der Waals surface area contributed by atoms with Gasteiger partial charge < -0.3 is 0 Å². The summed E-state index contributed by atoms with van der Waals surface area (Å²) >= 11 is 1.53. The number of rotatable bonds is 7. The van der Waals surface area contributed by atoms with Crippen LogP contribution in [0.4, 0.5) is 0 Å². The van der Waals surface area contributed by atoms with E-state index in [1.54, 1.807) is 0 Å². The third-order valence-electron chi connectivity index (χ3n) is 4.41. The molecule has 0 unspecified atom stereocenters. The van der Waals surface area contributed by atoms with Crippen LogP contribution in [0.3, 0.4) is 0 Å². The van der Waals surface area contributed by atoms with Crippen molar-refractivity contribution in [3.8, 4) is 0 Å². The number of esters is 4. The van der Waals surface area contributed by atoms with Gasteiger partial charge in [0.2, 0.25) is 0 Å². The second-order valence-electron chi connectivity index (χ2n) is 8.33. The fraction of sp³-hybridized carbons (Fsp3) is 0.789. The van der Waals surface area contributed by atoms with Crippen molar-refractivity contribution in [2.45, 2.75) is 72.2 Å². The number of ether oxygens (including phenoxy) is 5. The molecule has 0 aliphatic carbocycles. The molecule has 188 valence electrons. The van der Waals surface area contributed by atoms with E-state index in [9.17, 15) is 19.2 Å². The monoisotopic (exact) mass is 610 g/mol. The third-order valence-corrected chi connectivity index (χ3v) is 8.31. The van der Waals surface area contributed by atoms with Crippen LogP contribution in [0.5, 0.6) is 0 Å². The maximum atomic E-state index is 11.9. The molecule has 2 heterocycles. The zero-order valence-corrected chi connectivity index (χ0v) is 22.5. The molecular formula is C19H29O12PTe. The average Bonchev–Trinajstić information content (AvgIpc) is 2.67. The molecule has 0 saturated carbocycles. The molecule has 2 aliphatic rings.